The van der Waals surface area contributed by atoms with E-state index in [-0.39, 0.29) is 52.0 Å². The average molecular weight is 899 g/mol. The van der Waals surface area contributed by atoms with Crippen LogP contribution in [0.3, 0.4) is 0 Å². The minimum Gasteiger partial charge on any atom is -0.465 e. The predicted molar refractivity (Wildman–Crippen MR) is 253 cm³/mol. The first-order valence-electron chi connectivity index (χ1n) is 20.8. The molecule has 0 aliphatic heterocycles. The Morgan fingerprint density at radius 1 is 1.02 bits per heavy atom. The molecule has 1 amide bonds. The molecular formula is C46H56ClN9O6S. The van der Waals surface area contributed by atoms with Crippen molar-refractivity contribution in [3.63, 3.8) is 0 Å². The quantitative estimate of drug-likeness (QED) is 0.0489. The van der Waals surface area contributed by atoms with Crippen LogP contribution in [0.15, 0.2) is 82.6 Å². The molecule has 0 saturated heterocycles. The van der Waals surface area contributed by atoms with Crippen LogP contribution in [0.1, 0.15) is 68.1 Å². The fraction of sp³-hybridized carbons (Fsp3) is 0.370. The number of aryl methyl sites for hydroxylation is 3. The summed E-state index contributed by atoms with van der Waals surface area (Å²) in [4.78, 5) is 40.7. The monoisotopic (exact) mass is 897 g/mol. The van der Waals surface area contributed by atoms with Crippen LogP contribution < -0.4 is 35.6 Å². The van der Waals surface area contributed by atoms with E-state index in [1.54, 1.807) is 54.5 Å². The van der Waals surface area contributed by atoms with E-state index in [0.29, 0.717) is 43.0 Å². The molecule has 5 aromatic rings. The number of para-hydroxylation sites is 1. The molecular weight excluding hydrogens is 842 g/mol. The van der Waals surface area contributed by atoms with Crippen LogP contribution in [0.4, 0.5) is 22.7 Å². The highest BCUT2D eigenvalue weighted by Gasteiger charge is 2.26. The number of unbranched alkanes of at least 4 members (excludes halogenated alkanes) is 1. The Labute approximate surface area is 374 Å². The van der Waals surface area contributed by atoms with Crippen molar-refractivity contribution < 1.29 is 22.7 Å². The largest absolute Gasteiger partial charge is 0.465 e. The average Bonchev–Trinajstić information content (AvgIpc) is 3.24. The van der Waals surface area contributed by atoms with E-state index in [4.69, 9.17) is 31.1 Å². The highest BCUT2D eigenvalue weighted by atomic mass is 35.5. The number of nitriles is 1. The van der Waals surface area contributed by atoms with E-state index in [2.05, 4.69) is 34.4 Å². The van der Waals surface area contributed by atoms with Crippen LogP contribution in [0.25, 0.3) is 10.9 Å². The number of amides is 1. The SMILES string of the molecule is CCCCC(OCNc1ccc(Cl)c(NC(=O)/C(=N/c2ccc(N(CC)CCNS(C)(=O)=O)cc2C)c2nc3c(C#N)cccc3c(=O)n2N(C)CC)c1)Oc1ccc(C)cc1C. The van der Waals surface area contributed by atoms with E-state index >= 15 is 0 Å². The van der Waals surface area contributed by atoms with Gasteiger partial charge in [0.05, 0.1) is 39.1 Å². The van der Waals surface area contributed by atoms with Crippen LogP contribution in [0.2, 0.25) is 5.02 Å². The van der Waals surface area contributed by atoms with Gasteiger partial charge in [0.1, 0.15) is 18.5 Å². The van der Waals surface area contributed by atoms with Crippen LogP contribution in [-0.4, -0.2) is 82.2 Å². The van der Waals surface area contributed by atoms with Gasteiger partial charge in [-0.1, -0.05) is 48.7 Å². The standard InChI is InChI=1S/C46H56ClN9O6S/c1-9-12-16-41(62-40-22-17-30(4)25-32(40)6)61-29-49-34-18-20-37(47)39(27-34)52-45(57)43(44-53-42-33(28-48)14-13-15-36(42)46(58)56(44)54(7)10-2)51-38-21-19-35(26-31(38)5)55(11-3)24-23-50-63(8,59)60/h13-15,17-22,25-27,41,49-50H,9-12,16,23-24,29H2,1-8H3,(H,52,57)/b51-43+. The summed E-state index contributed by atoms with van der Waals surface area (Å²) >= 11 is 6.71. The van der Waals surface area contributed by atoms with Crippen LogP contribution in [0, 0.1) is 32.1 Å². The van der Waals surface area contributed by atoms with E-state index in [9.17, 15) is 23.3 Å². The van der Waals surface area contributed by atoms with E-state index < -0.39 is 27.8 Å². The molecule has 0 spiro atoms. The minimum absolute atomic E-state index is 0.0942. The van der Waals surface area contributed by atoms with Gasteiger partial charge in [-0.3, -0.25) is 9.59 Å². The van der Waals surface area contributed by atoms with Gasteiger partial charge in [-0.15, -0.1) is 0 Å². The molecule has 15 nitrogen and oxygen atoms in total. The number of fused-ring (bicyclic) bond motifs is 1. The van der Waals surface area contributed by atoms with Crippen LogP contribution in [0.5, 0.6) is 5.75 Å². The fourth-order valence-electron chi connectivity index (χ4n) is 6.77. The number of aliphatic imine (C=N–C) groups is 1. The number of rotatable bonds is 21. The number of hydrogen-bond acceptors (Lipinski definition) is 12. The summed E-state index contributed by atoms with van der Waals surface area (Å²) in [5.74, 6) is -0.0657. The second kappa shape index (κ2) is 21.9. The third-order valence-corrected chi connectivity index (χ3v) is 11.3. The highest BCUT2D eigenvalue weighted by molar-refractivity contribution is 7.88. The lowest BCUT2D eigenvalue weighted by atomic mass is 10.1. The molecule has 63 heavy (non-hydrogen) atoms. The molecule has 1 unspecified atom stereocenters. The summed E-state index contributed by atoms with van der Waals surface area (Å²) in [6.45, 7) is 13.5. The number of nitrogens with zero attached hydrogens (tertiary/aromatic N) is 6. The Bertz CT molecular complexity index is 2680. The topological polar surface area (TPSA) is 183 Å². The maximum atomic E-state index is 14.7. The molecule has 4 aromatic carbocycles. The Morgan fingerprint density at radius 2 is 1.79 bits per heavy atom. The number of nitrogens with one attached hydrogen (secondary N) is 3. The van der Waals surface area contributed by atoms with Gasteiger partial charge >= 0.3 is 0 Å². The molecule has 0 radical (unpaired) electrons. The second-order valence-corrected chi connectivity index (χ2v) is 17.4. The lowest BCUT2D eigenvalue weighted by molar-refractivity contribution is -0.110. The molecule has 1 atom stereocenters. The van der Waals surface area contributed by atoms with Gasteiger partial charge in [-0.05, 0) is 107 Å². The first-order valence-corrected chi connectivity index (χ1v) is 23.1. The summed E-state index contributed by atoms with van der Waals surface area (Å²) < 4.78 is 39.6. The van der Waals surface area contributed by atoms with Crippen molar-refractivity contribution in [2.75, 3.05) is 66.8 Å². The number of carbonyl (C=O) groups excluding carboxylic acids is 1. The summed E-state index contributed by atoms with van der Waals surface area (Å²) in [6.07, 6.45) is 3.19. The van der Waals surface area contributed by atoms with Gasteiger partial charge in [0.25, 0.3) is 11.5 Å². The minimum atomic E-state index is -3.36. The summed E-state index contributed by atoms with van der Waals surface area (Å²) in [6, 6.07) is 23.4. The smallest absolute Gasteiger partial charge is 0.280 e. The van der Waals surface area contributed by atoms with Gasteiger partial charge in [-0.2, -0.15) is 5.26 Å². The number of aromatic nitrogens is 2. The highest BCUT2D eigenvalue weighted by Crippen LogP contribution is 2.29. The van der Waals surface area contributed by atoms with Gasteiger partial charge in [0, 0.05) is 51.0 Å². The zero-order valence-corrected chi connectivity index (χ0v) is 38.7. The number of halogens is 1. The normalized spacial score (nSPS) is 12.2. The molecule has 1 heterocycles. The lowest BCUT2D eigenvalue weighted by Gasteiger charge is -2.25. The fourth-order valence-corrected chi connectivity index (χ4v) is 7.40. The number of benzene rings is 4. The Kier molecular flexibility index (Phi) is 16.7. The number of likely N-dealkylation sites (N-methyl/N-ethyl adjacent to an activating group) is 1. The van der Waals surface area contributed by atoms with Crippen molar-refractivity contribution in [3.05, 3.63) is 116 Å². The Morgan fingerprint density at radius 3 is 2.46 bits per heavy atom. The molecule has 0 aliphatic carbocycles. The second-order valence-electron chi connectivity index (χ2n) is 15.1. The molecule has 17 heteroatoms. The summed E-state index contributed by atoms with van der Waals surface area (Å²) in [7, 11) is -1.67. The van der Waals surface area contributed by atoms with Crippen molar-refractivity contribution in [2.45, 2.75) is 67.1 Å². The van der Waals surface area contributed by atoms with Crippen molar-refractivity contribution >= 4 is 66.9 Å². The van der Waals surface area contributed by atoms with E-state index in [0.717, 1.165) is 41.7 Å². The first kappa shape index (κ1) is 48.0. The van der Waals surface area contributed by atoms with Crippen molar-refractivity contribution in [3.8, 4) is 11.8 Å². The summed E-state index contributed by atoms with van der Waals surface area (Å²) in [5, 5.41) is 18.2. The van der Waals surface area contributed by atoms with Gasteiger partial charge in [-0.25, -0.2) is 27.8 Å². The maximum absolute atomic E-state index is 14.7. The van der Waals surface area contributed by atoms with Crippen LogP contribution in [-0.2, 0) is 19.6 Å². The third-order valence-electron chi connectivity index (χ3n) is 10.3. The van der Waals surface area contributed by atoms with Gasteiger partial charge < -0.3 is 30.0 Å². The zero-order valence-electron chi connectivity index (χ0n) is 37.1. The number of carbonyl (C=O) groups is 1. The maximum Gasteiger partial charge on any atom is 0.280 e. The molecule has 0 saturated carbocycles. The predicted octanol–water partition coefficient (Wildman–Crippen LogP) is 7.55. The molecule has 334 valence electrons. The van der Waals surface area contributed by atoms with Crippen molar-refractivity contribution in [1.29, 1.82) is 5.26 Å². The molecule has 0 fully saturated rings. The number of hydrogen-bond donors (Lipinski definition) is 3. The Hall–Kier alpha value is -5.99. The number of ether oxygens (including phenoxy) is 2. The molecule has 3 N–H and O–H groups in total. The third kappa shape index (κ3) is 12.6. The van der Waals surface area contributed by atoms with E-state index in [1.165, 1.54) is 4.68 Å². The van der Waals surface area contributed by atoms with Gasteiger partial charge in [0.2, 0.25) is 16.3 Å². The molecule has 0 bridgehead atoms. The zero-order chi connectivity index (χ0) is 45.8. The van der Waals surface area contributed by atoms with Gasteiger partial charge in [0.15, 0.2) is 11.5 Å². The summed E-state index contributed by atoms with van der Waals surface area (Å²) in [5.41, 5.74) is 4.47. The molecule has 1 aromatic heterocycles. The molecule has 5 rings (SSSR count). The van der Waals surface area contributed by atoms with Crippen molar-refractivity contribution in [2.24, 2.45) is 4.99 Å². The Balaban J connectivity index is 1.52. The number of anilines is 3. The lowest BCUT2D eigenvalue weighted by Crippen LogP contribution is -2.44. The number of sulfonamides is 1. The van der Waals surface area contributed by atoms with Crippen LogP contribution >= 0.6 is 11.6 Å². The molecule has 0 aliphatic rings. The van der Waals surface area contributed by atoms with Crippen molar-refractivity contribution in [1.82, 2.24) is 14.4 Å². The first-order chi connectivity index (χ1) is 30.1. The van der Waals surface area contributed by atoms with E-state index in [1.807, 2.05) is 63.8 Å².